The first-order valence-electron chi connectivity index (χ1n) is 6.55. The maximum atomic E-state index is 12.4. The summed E-state index contributed by atoms with van der Waals surface area (Å²) in [7, 11) is 1.83. The smallest absolute Gasteiger partial charge is 0.242 e. The fraction of sp³-hybridized carbons (Fsp3) is 0.571. The minimum Gasteiger partial charge on any atom is -0.340 e. The van der Waals surface area contributed by atoms with Gasteiger partial charge in [-0.25, -0.2) is 0 Å². The van der Waals surface area contributed by atoms with Crippen molar-refractivity contribution < 1.29 is 4.79 Å². The van der Waals surface area contributed by atoms with Crippen molar-refractivity contribution in [3.8, 4) is 0 Å². The number of halogens is 2. The highest BCUT2D eigenvalue weighted by atomic mass is 35.5. The number of hydrogen-bond donors (Lipinski definition) is 1. The zero-order chi connectivity index (χ0) is 13.0. The third-order valence-electron chi connectivity index (χ3n) is 3.69. The molecule has 2 N–H and O–H groups in total. The van der Waals surface area contributed by atoms with Crippen LogP contribution < -0.4 is 5.73 Å². The second-order valence-corrected chi connectivity index (χ2v) is 5.23. The quantitative estimate of drug-likeness (QED) is 0.931. The lowest BCUT2D eigenvalue weighted by Crippen LogP contribution is -2.55. The molecule has 1 fully saturated rings. The summed E-state index contributed by atoms with van der Waals surface area (Å²) in [5, 5.41) is 0. The molecule has 0 radical (unpaired) electrons. The number of carbonyl (C=O) groups is 1. The number of hydrogen-bond acceptors (Lipinski definition) is 3. The molecule has 4 nitrogen and oxygen atoms in total. The summed E-state index contributed by atoms with van der Waals surface area (Å²) in [4.78, 5) is 18.1. The van der Waals surface area contributed by atoms with E-state index < -0.39 is 5.54 Å². The normalized spacial score (nSPS) is 16.5. The molecule has 0 bridgehead atoms. The van der Waals surface area contributed by atoms with Gasteiger partial charge in [0.2, 0.25) is 5.91 Å². The van der Waals surface area contributed by atoms with Gasteiger partial charge in [0.1, 0.15) is 0 Å². The summed E-state index contributed by atoms with van der Waals surface area (Å²) in [5.41, 5.74) is 6.70. The monoisotopic (exact) mass is 319 g/mol. The second kappa shape index (κ2) is 8.45. The van der Waals surface area contributed by atoms with Crippen molar-refractivity contribution in [2.24, 2.45) is 5.73 Å². The molecule has 114 valence electrons. The molecule has 0 aromatic carbocycles. The van der Waals surface area contributed by atoms with Crippen LogP contribution in [-0.4, -0.2) is 28.4 Å². The Morgan fingerprint density at radius 1 is 1.25 bits per heavy atom. The number of carbonyl (C=O) groups excluding carboxylic acids is 1. The molecule has 1 amide bonds. The predicted molar refractivity (Wildman–Crippen MR) is 85.2 cm³/mol. The third-order valence-corrected chi connectivity index (χ3v) is 3.69. The van der Waals surface area contributed by atoms with Crippen molar-refractivity contribution in [2.45, 2.75) is 44.2 Å². The second-order valence-electron chi connectivity index (χ2n) is 5.23. The molecule has 6 heteroatoms. The van der Waals surface area contributed by atoms with Gasteiger partial charge in [-0.3, -0.25) is 9.78 Å². The number of rotatable bonds is 3. The number of amides is 1. The minimum absolute atomic E-state index is 0. The van der Waals surface area contributed by atoms with E-state index in [-0.39, 0.29) is 30.7 Å². The van der Waals surface area contributed by atoms with Crippen LogP contribution in [0.3, 0.4) is 0 Å². The summed E-state index contributed by atoms with van der Waals surface area (Å²) in [5.74, 6) is 0.0685. The average Bonchev–Trinajstić information content (AvgIpc) is 2.40. The number of aromatic nitrogens is 1. The van der Waals surface area contributed by atoms with Gasteiger partial charge in [0.15, 0.2) is 0 Å². The van der Waals surface area contributed by atoms with Gasteiger partial charge >= 0.3 is 0 Å². The Balaban J connectivity index is 0.00000180. The summed E-state index contributed by atoms with van der Waals surface area (Å²) in [6, 6.07) is 3.85. The van der Waals surface area contributed by atoms with Gasteiger partial charge in [0.05, 0.1) is 5.54 Å². The third kappa shape index (κ3) is 4.62. The summed E-state index contributed by atoms with van der Waals surface area (Å²) in [6.07, 6.45) is 8.43. The van der Waals surface area contributed by atoms with Crippen LogP contribution in [-0.2, 0) is 11.3 Å². The maximum absolute atomic E-state index is 12.4. The topological polar surface area (TPSA) is 59.2 Å². The molecule has 0 saturated heterocycles. The number of pyridine rings is 1. The Kier molecular flexibility index (Phi) is 8.09. The largest absolute Gasteiger partial charge is 0.340 e. The van der Waals surface area contributed by atoms with Gasteiger partial charge in [-0.1, -0.05) is 19.3 Å². The molecule has 2 rings (SSSR count). The number of nitrogens with two attached hydrogens (primary N) is 1. The standard InChI is InChI=1S/C14H21N3O.2ClH/c1-17(11-12-5-9-16-10-6-12)13(18)14(15)7-3-2-4-8-14;;/h5-6,9-10H,2-4,7-8,11,15H2,1H3;2*1H. The van der Waals surface area contributed by atoms with Crippen LogP contribution in [0.4, 0.5) is 0 Å². The van der Waals surface area contributed by atoms with Crippen molar-refractivity contribution >= 4 is 30.7 Å². The SMILES string of the molecule is CN(Cc1ccncc1)C(=O)C1(N)CCCCC1.Cl.Cl. The molecule has 1 saturated carbocycles. The lowest BCUT2D eigenvalue weighted by Gasteiger charge is -2.35. The van der Waals surface area contributed by atoms with Gasteiger partial charge in [-0.2, -0.15) is 0 Å². The first-order chi connectivity index (χ1) is 8.62. The number of nitrogens with zero attached hydrogens (tertiary/aromatic N) is 2. The van der Waals surface area contributed by atoms with Crippen LogP contribution in [0.5, 0.6) is 0 Å². The van der Waals surface area contributed by atoms with E-state index in [1.54, 1.807) is 17.3 Å². The molecule has 0 unspecified atom stereocenters. The van der Waals surface area contributed by atoms with E-state index >= 15 is 0 Å². The molecule has 1 aromatic heterocycles. The van der Waals surface area contributed by atoms with Crippen LogP contribution in [0.1, 0.15) is 37.7 Å². The van der Waals surface area contributed by atoms with E-state index in [1.807, 2.05) is 19.2 Å². The van der Waals surface area contributed by atoms with E-state index in [2.05, 4.69) is 4.98 Å². The number of likely N-dealkylation sites (N-methyl/N-ethyl adjacent to an activating group) is 1. The zero-order valence-electron chi connectivity index (χ0n) is 11.7. The first kappa shape index (κ1) is 19.2. The molecule has 1 heterocycles. The highest BCUT2D eigenvalue weighted by Gasteiger charge is 2.37. The molecule has 1 aliphatic carbocycles. The lowest BCUT2D eigenvalue weighted by atomic mass is 9.81. The Morgan fingerprint density at radius 2 is 1.80 bits per heavy atom. The molecule has 0 atom stereocenters. The summed E-state index contributed by atoms with van der Waals surface area (Å²) >= 11 is 0. The van der Waals surface area contributed by atoms with Gasteiger partial charge in [-0.05, 0) is 30.5 Å². The molecule has 1 aromatic rings. The van der Waals surface area contributed by atoms with Crippen LogP contribution >= 0.6 is 24.8 Å². The van der Waals surface area contributed by atoms with Gasteiger partial charge in [-0.15, -0.1) is 24.8 Å². The first-order valence-corrected chi connectivity index (χ1v) is 6.55. The maximum Gasteiger partial charge on any atom is 0.242 e. The highest BCUT2D eigenvalue weighted by molar-refractivity contribution is 5.86. The zero-order valence-corrected chi connectivity index (χ0v) is 13.4. The lowest BCUT2D eigenvalue weighted by molar-refractivity contribution is -0.137. The van der Waals surface area contributed by atoms with Crippen molar-refractivity contribution in [3.63, 3.8) is 0 Å². The summed E-state index contributed by atoms with van der Waals surface area (Å²) < 4.78 is 0. The highest BCUT2D eigenvalue weighted by Crippen LogP contribution is 2.27. The van der Waals surface area contributed by atoms with E-state index in [0.717, 1.165) is 31.2 Å². The fourth-order valence-corrected chi connectivity index (χ4v) is 2.61. The van der Waals surface area contributed by atoms with E-state index in [9.17, 15) is 4.79 Å². The molecular formula is C14H23Cl2N3O. The molecule has 0 spiro atoms. The molecular weight excluding hydrogens is 297 g/mol. The Hall–Kier alpha value is -0.840. The molecule has 20 heavy (non-hydrogen) atoms. The van der Waals surface area contributed by atoms with Gasteiger partial charge in [0, 0.05) is 26.0 Å². The van der Waals surface area contributed by atoms with Crippen LogP contribution in [0.15, 0.2) is 24.5 Å². The Labute approximate surface area is 132 Å². The molecule has 1 aliphatic rings. The van der Waals surface area contributed by atoms with E-state index in [4.69, 9.17) is 5.73 Å². The van der Waals surface area contributed by atoms with Crippen molar-refractivity contribution in [3.05, 3.63) is 30.1 Å². The summed E-state index contributed by atoms with van der Waals surface area (Å²) in [6.45, 7) is 0.598. The fourth-order valence-electron chi connectivity index (χ4n) is 2.61. The van der Waals surface area contributed by atoms with Crippen LogP contribution in [0.25, 0.3) is 0 Å². The van der Waals surface area contributed by atoms with Crippen molar-refractivity contribution in [1.82, 2.24) is 9.88 Å². The Morgan fingerprint density at radius 3 is 2.35 bits per heavy atom. The molecule has 0 aliphatic heterocycles. The van der Waals surface area contributed by atoms with Crippen LogP contribution in [0.2, 0.25) is 0 Å². The van der Waals surface area contributed by atoms with Gasteiger partial charge in [0.25, 0.3) is 0 Å². The predicted octanol–water partition coefficient (Wildman–Crippen LogP) is 2.55. The van der Waals surface area contributed by atoms with E-state index in [1.165, 1.54) is 6.42 Å². The minimum atomic E-state index is -0.639. The Bertz CT molecular complexity index is 408. The average molecular weight is 320 g/mol. The van der Waals surface area contributed by atoms with Crippen LogP contribution in [0, 0.1) is 0 Å². The van der Waals surface area contributed by atoms with Crippen molar-refractivity contribution in [1.29, 1.82) is 0 Å². The van der Waals surface area contributed by atoms with Gasteiger partial charge < -0.3 is 10.6 Å². The van der Waals surface area contributed by atoms with Crippen molar-refractivity contribution in [2.75, 3.05) is 7.05 Å². The van der Waals surface area contributed by atoms with E-state index in [0.29, 0.717) is 6.54 Å².